The number of alkyl halides is 3. The number of imidazole rings is 1. The fourth-order valence-electron chi connectivity index (χ4n) is 3.30. The average Bonchev–Trinajstić information content (AvgIpc) is 2.98. The Kier molecular flexibility index (Phi) is 5.38. The van der Waals surface area contributed by atoms with Crippen LogP contribution in [0.4, 0.5) is 13.2 Å². The smallest absolute Gasteiger partial charge is 0.344 e. The molecule has 0 aliphatic heterocycles. The molecule has 4 nitrogen and oxygen atoms in total. The van der Waals surface area contributed by atoms with Gasteiger partial charge in [0.05, 0.1) is 27.2 Å². The molecule has 0 aliphatic carbocycles. The van der Waals surface area contributed by atoms with Crippen LogP contribution in [0.1, 0.15) is 37.7 Å². The Morgan fingerprint density at radius 3 is 2.34 bits per heavy atom. The van der Waals surface area contributed by atoms with E-state index in [4.69, 9.17) is 11.6 Å². The van der Waals surface area contributed by atoms with Crippen LogP contribution in [-0.4, -0.2) is 15.5 Å². The molecule has 8 heteroatoms. The third-order valence-corrected chi connectivity index (χ3v) is 4.89. The molecule has 153 valence electrons. The molecular formula is C21H20ClF3N3O. The summed E-state index contributed by atoms with van der Waals surface area (Å²) in [7, 11) is 0. The van der Waals surface area contributed by atoms with Crippen LogP contribution in [0.2, 0.25) is 5.02 Å². The number of aromatic nitrogens is 2. The van der Waals surface area contributed by atoms with Gasteiger partial charge in [-0.2, -0.15) is 13.2 Å². The van der Waals surface area contributed by atoms with Gasteiger partial charge in [0.15, 0.2) is 0 Å². The molecule has 3 aromatic rings. The largest absolute Gasteiger partial charge is 0.417 e. The van der Waals surface area contributed by atoms with Crippen molar-refractivity contribution in [2.24, 2.45) is 0 Å². The fraction of sp³-hybridized carbons (Fsp3) is 0.286. The minimum absolute atomic E-state index is 0.136. The highest BCUT2D eigenvalue weighted by Crippen LogP contribution is 2.38. The van der Waals surface area contributed by atoms with Crippen molar-refractivity contribution >= 4 is 28.5 Å². The second kappa shape index (κ2) is 7.37. The molecule has 1 radical (unpaired) electrons. The first-order chi connectivity index (χ1) is 13.4. The Morgan fingerprint density at radius 1 is 1.21 bits per heavy atom. The van der Waals surface area contributed by atoms with Gasteiger partial charge in [-0.25, -0.2) is 4.98 Å². The molecule has 1 heterocycles. The highest BCUT2D eigenvalue weighted by Gasteiger charge is 2.35. The third kappa shape index (κ3) is 4.10. The summed E-state index contributed by atoms with van der Waals surface area (Å²) in [4.78, 5) is 16.1. The zero-order valence-corrected chi connectivity index (χ0v) is 16.9. The summed E-state index contributed by atoms with van der Waals surface area (Å²) in [5.41, 5.74) is 0.357. The number of amides is 1. The Hall–Kier alpha value is -2.54. The summed E-state index contributed by atoms with van der Waals surface area (Å²) >= 11 is 5.96. The SMILES string of the molecule is [CH2]Cc1ccc(-n2c(C(C)(C)NC(C)=O)nc3cc(C(F)(F)F)c(Cl)cc32)cc1. The maximum Gasteiger partial charge on any atom is 0.417 e. The molecule has 0 saturated carbocycles. The Bertz CT molecular complexity index is 1070. The van der Waals surface area contributed by atoms with E-state index in [9.17, 15) is 18.0 Å². The van der Waals surface area contributed by atoms with Crippen LogP contribution < -0.4 is 5.32 Å². The molecule has 0 atom stereocenters. The summed E-state index contributed by atoms with van der Waals surface area (Å²) in [6.07, 6.45) is -3.99. The van der Waals surface area contributed by atoms with Crippen molar-refractivity contribution in [3.63, 3.8) is 0 Å². The summed E-state index contributed by atoms with van der Waals surface area (Å²) in [6.45, 7) is 8.69. The van der Waals surface area contributed by atoms with Crippen LogP contribution in [0, 0.1) is 6.92 Å². The number of benzene rings is 2. The van der Waals surface area contributed by atoms with Gasteiger partial charge in [0.25, 0.3) is 0 Å². The summed E-state index contributed by atoms with van der Waals surface area (Å²) in [5, 5.41) is 2.39. The lowest BCUT2D eigenvalue weighted by Gasteiger charge is -2.26. The standard InChI is InChI=1S/C21H20ClF3N3O/c1-5-13-6-8-14(9-7-13)28-18-11-16(22)15(21(23,24)25)10-17(18)26-19(28)20(3,4)27-12(2)29/h6-11H,1,5H2,2-4H3,(H,27,29). The van der Waals surface area contributed by atoms with E-state index >= 15 is 0 Å². The van der Waals surface area contributed by atoms with Crippen molar-refractivity contribution in [1.82, 2.24) is 14.9 Å². The number of rotatable bonds is 4. The van der Waals surface area contributed by atoms with E-state index in [-0.39, 0.29) is 11.4 Å². The first kappa shape index (κ1) is 21.2. The molecular weight excluding hydrogens is 403 g/mol. The quantitative estimate of drug-likeness (QED) is 0.608. The normalized spacial score (nSPS) is 12.4. The maximum atomic E-state index is 13.3. The van der Waals surface area contributed by atoms with Crippen molar-refractivity contribution in [3.05, 3.63) is 65.3 Å². The highest BCUT2D eigenvalue weighted by atomic mass is 35.5. The lowest BCUT2D eigenvalue weighted by molar-refractivity contribution is -0.137. The van der Waals surface area contributed by atoms with Gasteiger partial charge in [0.1, 0.15) is 5.82 Å². The number of hydrogen-bond acceptors (Lipinski definition) is 2. The maximum absolute atomic E-state index is 13.3. The second-order valence-corrected chi connectivity index (χ2v) is 7.72. The van der Waals surface area contributed by atoms with Crippen LogP contribution in [0.3, 0.4) is 0 Å². The predicted octanol–water partition coefficient (Wildman–Crippen LogP) is 5.45. The first-order valence-corrected chi connectivity index (χ1v) is 9.29. The van der Waals surface area contributed by atoms with Gasteiger partial charge in [0.2, 0.25) is 5.91 Å². The molecule has 1 amide bonds. The van der Waals surface area contributed by atoms with Crippen molar-refractivity contribution in [1.29, 1.82) is 0 Å². The lowest BCUT2D eigenvalue weighted by atomic mass is 10.0. The van der Waals surface area contributed by atoms with Crippen LogP contribution in [0.25, 0.3) is 16.7 Å². The minimum Gasteiger partial charge on any atom is -0.344 e. The van der Waals surface area contributed by atoms with Gasteiger partial charge in [0, 0.05) is 12.6 Å². The molecule has 1 aromatic heterocycles. The zero-order chi connectivity index (χ0) is 21.6. The van der Waals surface area contributed by atoms with Gasteiger partial charge in [-0.05, 0) is 57.0 Å². The average molecular weight is 423 g/mol. The van der Waals surface area contributed by atoms with Crippen molar-refractivity contribution in [2.75, 3.05) is 0 Å². The molecule has 1 N–H and O–H groups in total. The number of carbonyl (C=O) groups is 1. The highest BCUT2D eigenvalue weighted by molar-refractivity contribution is 6.32. The zero-order valence-electron chi connectivity index (χ0n) is 16.2. The minimum atomic E-state index is -4.60. The monoisotopic (exact) mass is 422 g/mol. The van der Waals surface area contributed by atoms with Gasteiger partial charge >= 0.3 is 6.18 Å². The summed E-state index contributed by atoms with van der Waals surface area (Å²) < 4.78 is 41.7. The Morgan fingerprint density at radius 2 is 1.83 bits per heavy atom. The lowest BCUT2D eigenvalue weighted by Crippen LogP contribution is -2.41. The fourth-order valence-corrected chi connectivity index (χ4v) is 3.57. The van der Waals surface area contributed by atoms with E-state index in [0.29, 0.717) is 23.4 Å². The van der Waals surface area contributed by atoms with E-state index in [1.807, 2.05) is 24.3 Å². The predicted molar refractivity (Wildman–Crippen MR) is 107 cm³/mol. The van der Waals surface area contributed by atoms with Crippen molar-refractivity contribution in [2.45, 2.75) is 38.9 Å². The van der Waals surface area contributed by atoms with Crippen LogP contribution in [0.5, 0.6) is 0 Å². The van der Waals surface area contributed by atoms with Crippen LogP contribution >= 0.6 is 11.6 Å². The third-order valence-electron chi connectivity index (χ3n) is 4.58. The number of halogens is 4. The van der Waals surface area contributed by atoms with Gasteiger partial charge in [-0.15, -0.1) is 0 Å². The van der Waals surface area contributed by atoms with E-state index in [2.05, 4.69) is 17.2 Å². The second-order valence-electron chi connectivity index (χ2n) is 7.31. The molecule has 2 aromatic carbocycles. The van der Waals surface area contributed by atoms with Crippen molar-refractivity contribution < 1.29 is 18.0 Å². The number of hydrogen-bond donors (Lipinski definition) is 1. The molecule has 0 fully saturated rings. The Labute approximate surface area is 171 Å². The van der Waals surface area contributed by atoms with Crippen LogP contribution in [-0.2, 0) is 22.9 Å². The van der Waals surface area contributed by atoms with E-state index < -0.39 is 22.3 Å². The first-order valence-electron chi connectivity index (χ1n) is 8.91. The topological polar surface area (TPSA) is 46.9 Å². The number of nitrogens with zero attached hydrogens (tertiary/aromatic N) is 2. The summed E-state index contributed by atoms with van der Waals surface area (Å²) in [5.74, 6) is 0.107. The van der Waals surface area contributed by atoms with Gasteiger partial charge < -0.3 is 5.32 Å². The molecule has 3 rings (SSSR count). The molecule has 0 saturated heterocycles. The van der Waals surface area contributed by atoms with Crippen molar-refractivity contribution in [3.8, 4) is 5.69 Å². The molecule has 29 heavy (non-hydrogen) atoms. The molecule has 0 spiro atoms. The number of fused-ring (bicyclic) bond motifs is 1. The number of carbonyl (C=O) groups excluding carboxylic acids is 1. The van der Waals surface area contributed by atoms with Gasteiger partial charge in [-0.1, -0.05) is 23.7 Å². The van der Waals surface area contributed by atoms with E-state index in [1.54, 1.807) is 18.4 Å². The summed E-state index contributed by atoms with van der Waals surface area (Å²) in [6, 6.07) is 9.63. The van der Waals surface area contributed by atoms with E-state index in [0.717, 1.165) is 11.6 Å². The van der Waals surface area contributed by atoms with Crippen LogP contribution in [0.15, 0.2) is 36.4 Å². The van der Waals surface area contributed by atoms with E-state index in [1.165, 1.54) is 13.0 Å². The molecule has 0 unspecified atom stereocenters. The van der Waals surface area contributed by atoms with Gasteiger partial charge in [-0.3, -0.25) is 9.36 Å². The molecule has 0 bridgehead atoms. The number of nitrogens with one attached hydrogen (secondary N) is 1. The Balaban J connectivity index is 2.33. The molecule has 0 aliphatic rings.